The van der Waals surface area contributed by atoms with Gasteiger partial charge in [0.15, 0.2) is 0 Å². The quantitative estimate of drug-likeness (QED) is 0.850. The number of nitrogens with one attached hydrogen (secondary N) is 1. The molecule has 20 heavy (non-hydrogen) atoms. The van der Waals surface area contributed by atoms with Crippen LogP contribution < -0.4 is 11.1 Å². The van der Waals surface area contributed by atoms with Gasteiger partial charge in [-0.15, -0.1) is 0 Å². The van der Waals surface area contributed by atoms with Gasteiger partial charge in [-0.2, -0.15) is 5.26 Å². The van der Waals surface area contributed by atoms with Gasteiger partial charge in [0.2, 0.25) is 0 Å². The van der Waals surface area contributed by atoms with Crippen LogP contribution in [0.4, 0.5) is 11.4 Å². The summed E-state index contributed by atoms with van der Waals surface area (Å²) in [6, 6.07) is 13.9. The van der Waals surface area contributed by atoms with E-state index in [2.05, 4.69) is 11.4 Å². The van der Waals surface area contributed by atoms with Crippen LogP contribution in [0.2, 0.25) is 5.02 Å². The molecule has 0 bridgehead atoms. The van der Waals surface area contributed by atoms with E-state index in [0.29, 0.717) is 28.4 Å². The molecule has 0 unspecified atom stereocenters. The number of halogens is 1. The molecule has 0 fully saturated rings. The van der Waals surface area contributed by atoms with E-state index in [1.54, 1.807) is 36.4 Å². The van der Waals surface area contributed by atoms with E-state index < -0.39 is 0 Å². The van der Waals surface area contributed by atoms with Crippen LogP contribution in [0.3, 0.4) is 0 Å². The van der Waals surface area contributed by atoms with Crippen molar-refractivity contribution in [2.45, 2.75) is 6.42 Å². The second-order valence-corrected chi connectivity index (χ2v) is 4.63. The Morgan fingerprint density at radius 3 is 2.55 bits per heavy atom. The number of hydrogen-bond acceptors (Lipinski definition) is 3. The highest BCUT2D eigenvalue weighted by Gasteiger charge is 2.10. The molecule has 1 amide bonds. The average molecular weight is 286 g/mol. The van der Waals surface area contributed by atoms with E-state index >= 15 is 0 Å². The summed E-state index contributed by atoms with van der Waals surface area (Å²) in [5.74, 6) is -0.303. The van der Waals surface area contributed by atoms with E-state index in [0.717, 1.165) is 5.56 Å². The molecular weight excluding hydrogens is 274 g/mol. The van der Waals surface area contributed by atoms with Crippen molar-refractivity contribution in [1.29, 1.82) is 5.26 Å². The monoisotopic (exact) mass is 285 g/mol. The molecule has 0 heterocycles. The van der Waals surface area contributed by atoms with Crippen molar-refractivity contribution < 1.29 is 4.79 Å². The summed E-state index contributed by atoms with van der Waals surface area (Å²) >= 11 is 5.98. The fourth-order valence-electron chi connectivity index (χ4n) is 1.71. The van der Waals surface area contributed by atoms with Crippen LogP contribution >= 0.6 is 11.6 Å². The van der Waals surface area contributed by atoms with Gasteiger partial charge in [-0.05, 0) is 35.9 Å². The van der Waals surface area contributed by atoms with Gasteiger partial charge in [0.25, 0.3) is 5.91 Å². The van der Waals surface area contributed by atoms with E-state index in [9.17, 15) is 4.79 Å². The Labute approximate surface area is 121 Å². The summed E-state index contributed by atoms with van der Waals surface area (Å²) in [6.07, 6.45) is 0.345. The molecule has 0 saturated heterocycles. The van der Waals surface area contributed by atoms with Crippen molar-refractivity contribution in [1.82, 2.24) is 0 Å². The maximum atomic E-state index is 12.1. The van der Waals surface area contributed by atoms with Crippen LogP contribution in [0.25, 0.3) is 0 Å². The number of anilines is 2. The minimum Gasteiger partial charge on any atom is -0.399 e. The fraction of sp³-hybridized carbons (Fsp3) is 0.0667. The van der Waals surface area contributed by atoms with Gasteiger partial charge in [0.05, 0.1) is 23.1 Å². The number of nitrogen functional groups attached to an aromatic ring is 1. The number of carbonyl (C=O) groups is 1. The van der Waals surface area contributed by atoms with Crippen molar-refractivity contribution in [3.05, 3.63) is 58.6 Å². The van der Waals surface area contributed by atoms with Gasteiger partial charge in [-0.1, -0.05) is 23.7 Å². The number of amides is 1. The highest BCUT2D eigenvalue weighted by molar-refractivity contribution is 6.34. The number of nitrogens with two attached hydrogens (primary N) is 1. The third-order valence-corrected chi connectivity index (χ3v) is 3.05. The van der Waals surface area contributed by atoms with Crippen LogP contribution in [0.15, 0.2) is 42.5 Å². The zero-order valence-electron chi connectivity index (χ0n) is 10.6. The van der Waals surface area contributed by atoms with E-state index in [1.807, 2.05) is 0 Å². The first kappa shape index (κ1) is 13.9. The molecule has 2 aromatic rings. The molecule has 0 atom stereocenters. The Morgan fingerprint density at radius 1 is 1.25 bits per heavy atom. The Kier molecular flexibility index (Phi) is 4.24. The number of rotatable bonds is 3. The zero-order chi connectivity index (χ0) is 14.5. The highest BCUT2D eigenvalue weighted by Crippen LogP contribution is 2.20. The molecular formula is C15H12ClN3O. The predicted molar refractivity (Wildman–Crippen MR) is 79.6 cm³/mol. The first-order valence-corrected chi connectivity index (χ1v) is 6.30. The third kappa shape index (κ3) is 3.28. The maximum absolute atomic E-state index is 12.1. The van der Waals surface area contributed by atoms with Crippen molar-refractivity contribution in [3.63, 3.8) is 0 Å². The minimum atomic E-state index is -0.303. The maximum Gasteiger partial charge on any atom is 0.257 e. The predicted octanol–water partition coefficient (Wildman–Crippen LogP) is 3.24. The smallest absolute Gasteiger partial charge is 0.257 e. The number of benzene rings is 2. The Hall–Kier alpha value is -2.51. The van der Waals surface area contributed by atoms with Crippen LogP contribution in [-0.4, -0.2) is 5.91 Å². The van der Waals surface area contributed by atoms with Gasteiger partial charge in [-0.3, -0.25) is 4.79 Å². The van der Waals surface area contributed by atoms with Gasteiger partial charge < -0.3 is 11.1 Å². The molecule has 100 valence electrons. The summed E-state index contributed by atoms with van der Waals surface area (Å²) in [5.41, 5.74) is 7.99. The van der Waals surface area contributed by atoms with E-state index in [-0.39, 0.29) is 5.91 Å². The fourth-order valence-corrected chi connectivity index (χ4v) is 1.99. The van der Waals surface area contributed by atoms with Crippen molar-refractivity contribution in [2.75, 3.05) is 11.1 Å². The second kappa shape index (κ2) is 6.09. The number of nitrogens with zero attached hydrogens (tertiary/aromatic N) is 1. The number of nitriles is 1. The SMILES string of the molecule is N#CCc1ccc(NC(=O)c2ccc(N)cc2Cl)cc1. The Bertz CT molecular complexity index is 675. The second-order valence-electron chi connectivity index (χ2n) is 4.23. The molecule has 0 aliphatic carbocycles. The zero-order valence-corrected chi connectivity index (χ0v) is 11.3. The van der Waals surface area contributed by atoms with Crippen molar-refractivity contribution in [3.8, 4) is 6.07 Å². The first-order chi connectivity index (χ1) is 9.60. The molecule has 5 heteroatoms. The van der Waals surface area contributed by atoms with Crippen molar-refractivity contribution in [2.24, 2.45) is 0 Å². The summed E-state index contributed by atoms with van der Waals surface area (Å²) < 4.78 is 0. The van der Waals surface area contributed by atoms with Crippen molar-refractivity contribution >= 4 is 28.9 Å². The molecule has 0 radical (unpaired) electrons. The summed E-state index contributed by atoms with van der Waals surface area (Å²) in [5, 5.41) is 11.6. The summed E-state index contributed by atoms with van der Waals surface area (Å²) in [4.78, 5) is 12.1. The molecule has 2 aromatic carbocycles. The van der Waals surface area contributed by atoms with Gasteiger partial charge in [-0.25, -0.2) is 0 Å². The number of carbonyl (C=O) groups excluding carboxylic acids is 1. The molecule has 0 aliphatic rings. The largest absolute Gasteiger partial charge is 0.399 e. The minimum absolute atomic E-state index is 0.303. The third-order valence-electron chi connectivity index (χ3n) is 2.73. The summed E-state index contributed by atoms with van der Waals surface area (Å²) in [7, 11) is 0. The standard InChI is InChI=1S/C15H12ClN3O/c16-14-9-11(18)3-6-13(14)15(20)19-12-4-1-10(2-5-12)7-8-17/h1-6,9H,7,18H2,(H,19,20). The van der Waals surface area contributed by atoms with Gasteiger partial charge in [0, 0.05) is 11.4 Å². The highest BCUT2D eigenvalue weighted by atomic mass is 35.5. The molecule has 4 nitrogen and oxygen atoms in total. The average Bonchev–Trinajstić information content (AvgIpc) is 2.41. The van der Waals surface area contributed by atoms with Crippen LogP contribution in [0.5, 0.6) is 0 Å². The molecule has 0 aliphatic heterocycles. The van der Waals surface area contributed by atoms with Crippen LogP contribution in [0, 0.1) is 11.3 Å². The Morgan fingerprint density at radius 2 is 1.95 bits per heavy atom. The van der Waals surface area contributed by atoms with E-state index in [4.69, 9.17) is 22.6 Å². The van der Waals surface area contributed by atoms with E-state index in [1.165, 1.54) is 6.07 Å². The summed E-state index contributed by atoms with van der Waals surface area (Å²) in [6.45, 7) is 0. The Balaban J connectivity index is 2.13. The van der Waals surface area contributed by atoms with Gasteiger partial charge >= 0.3 is 0 Å². The first-order valence-electron chi connectivity index (χ1n) is 5.92. The molecule has 0 aromatic heterocycles. The lowest BCUT2D eigenvalue weighted by molar-refractivity contribution is 0.102. The number of hydrogen-bond donors (Lipinski definition) is 2. The lowest BCUT2D eigenvalue weighted by atomic mass is 10.1. The normalized spacial score (nSPS) is 9.80. The molecule has 0 saturated carbocycles. The van der Waals surface area contributed by atoms with Crippen LogP contribution in [0.1, 0.15) is 15.9 Å². The van der Waals surface area contributed by atoms with Crippen LogP contribution in [-0.2, 0) is 6.42 Å². The molecule has 0 spiro atoms. The lowest BCUT2D eigenvalue weighted by Gasteiger charge is -2.07. The lowest BCUT2D eigenvalue weighted by Crippen LogP contribution is -2.12. The molecule has 2 rings (SSSR count). The van der Waals surface area contributed by atoms with Gasteiger partial charge in [0.1, 0.15) is 0 Å². The topological polar surface area (TPSA) is 78.9 Å². The molecule has 3 N–H and O–H groups in total.